The minimum Gasteiger partial charge on any atom is -0.358 e. The van der Waals surface area contributed by atoms with E-state index in [2.05, 4.69) is 28.0 Å². The van der Waals surface area contributed by atoms with E-state index < -0.39 is 4.92 Å². The van der Waals surface area contributed by atoms with Gasteiger partial charge in [-0.3, -0.25) is 0 Å². The van der Waals surface area contributed by atoms with Crippen molar-refractivity contribution in [2.45, 2.75) is 32.7 Å². The predicted octanol–water partition coefficient (Wildman–Crippen LogP) is 2.91. The molecule has 1 aromatic heterocycles. The highest BCUT2D eigenvalue weighted by molar-refractivity contribution is 9.10. The van der Waals surface area contributed by atoms with E-state index in [1.807, 2.05) is 6.92 Å². The van der Waals surface area contributed by atoms with Gasteiger partial charge in [-0.15, -0.1) is 0 Å². The maximum absolute atomic E-state index is 10.5. The summed E-state index contributed by atoms with van der Waals surface area (Å²) in [6.07, 6.45) is 3.65. The van der Waals surface area contributed by atoms with Gasteiger partial charge in [0.25, 0.3) is 0 Å². The maximum Gasteiger partial charge on any atom is 0.404 e. The maximum atomic E-state index is 10.5. The SMILES string of the molecule is CCCC(C)n1cc(Br)c([N+](=O)[O-])n1. The van der Waals surface area contributed by atoms with Crippen LogP contribution >= 0.6 is 15.9 Å². The van der Waals surface area contributed by atoms with Crippen LogP contribution in [0.3, 0.4) is 0 Å². The van der Waals surface area contributed by atoms with Crippen molar-refractivity contribution in [2.24, 2.45) is 0 Å². The zero-order valence-corrected chi connectivity index (χ0v) is 9.69. The second-order valence-electron chi connectivity index (χ2n) is 3.18. The summed E-state index contributed by atoms with van der Waals surface area (Å²) in [5.41, 5.74) is 0. The number of halogens is 1. The Morgan fingerprint density at radius 3 is 2.86 bits per heavy atom. The van der Waals surface area contributed by atoms with Gasteiger partial charge in [0.2, 0.25) is 0 Å². The Hall–Kier alpha value is -0.910. The van der Waals surface area contributed by atoms with Gasteiger partial charge in [-0.1, -0.05) is 13.3 Å². The number of hydrogen-bond donors (Lipinski definition) is 0. The molecule has 0 aromatic carbocycles. The van der Waals surface area contributed by atoms with Crippen molar-refractivity contribution in [3.8, 4) is 0 Å². The molecule has 0 aliphatic rings. The van der Waals surface area contributed by atoms with Crippen LogP contribution in [-0.2, 0) is 0 Å². The van der Waals surface area contributed by atoms with Gasteiger partial charge in [0, 0.05) is 0 Å². The van der Waals surface area contributed by atoms with E-state index in [9.17, 15) is 10.1 Å². The van der Waals surface area contributed by atoms with E-state index >= 15 is 0 Å². The van der Waals surface area contributed by atoms with Crippen LogP contribution in [0.4, 0.5) is 5.82 Å². The van der Waals surface area contributed by atoms with Crippen molar-refractivity contribution in [2.75, 3.05) is 0 Å². The lowest BCUT2D eigenvalue weighted by atomic mass is 10.2. The molecular formula is C8H12BrN3O2. The largest absolute Gasteiger partial charge is 0.404 e. The molecule has 0 amide bonds. The molecule has 1 heterocycles. The molecule has 5 nitrogen and oxygen atoms in total. The van der Waals surface area contributed by atoms with E-state index in [-0.39, 0.29) is 11.9 Å². The summed E-state index contributed by atoms with van der Waals surface area (Å²) in [6.45, 7) is 4.07. The molecule has 0 N–H and O–H groups in total. The molecule has 1 atom stereocenters. The fourth-order valence-corrected chi connectivity index (χ4v) is 1.69. The predicted molar refractivity (Wildman–Crippen MR) is 56.2 cm³/mol. The summed E-state index contributed by atoms with van der Waals surface area (Å²) in [7, 11) is 0. The number of rotatable bonds is 4. The highest BCUT2D eigenvalue weighted by Crippen LogP contribution is 2.25. The highest BCUT2D eigenvalue weighted by atomic mass is 79.9. The first-order valence-corrected chi connectivity index (χ1v) is 5.24. The average Bonchev–Trinajstić information content (AvgIpc) is 2.48. The lowest BCUT2D eigenvalue weighted by molar-refractivity contribution is -0.390. The lowest BCUT2D eigenvalue weighted by Gasteiger charge is -2.04. The molecule has 1 aromatic rings. The number of hydrogen-bond acceptors (Lipinski definition) is 3. The van der Waals surface area contributed by atoms with Gasteiger partial charge >= 0.3 is 5.82 Å². The van der Waals surface area contributed by atoms with Gasteiger partial charge in [-0.2, -0.15) is 4.68 Å². The molecule has 14 heavy (non-hydrogen) atoms. The molecule has 0 aliphatic heterocycles. The minimum absolute atomic E-state index is 0.118. The van der Waals surface area contributed by atoms with E-state index in [0.29, 0.717) is 4.47 Å². The van der Waals surface area contributed by atoms with Crippen molar-refractivity contribution in [1.29, 1.82) is 0 Å². The third kappa shape index (κ3) is 2.31. The molecule has 0 aliphatic carbocycles. The average molecular weight is 262 g/mol. The molecule has 0 spiro atoms. The van der Waals surface area contributed by atoms with Gasteiger partial charge in [0.1, 0.15) is 4.47 Å². The standard InChI is InChI=1S/C8H12BrN3O2/c1-3-4-6(2)11-5-7(9)8(10-11)12(13)14/h5-6H,3-4H2,1-2H3. The zero-order chi connectivity index (χ0) is 10.7. The number of nitro groups is 1. The molecule has 1 unspecified atom stereocenters. The molecular weight excluding hydrogens is 250 g/mol. The van der Waals surface area contributed by atoms with E-state index in [0.717, 1.165) is 12.8 Å². The summed E-state index contributed by atoms with van der Waals surface area (Å²) < 4.78 is 2.07. The molecule has 0 bridgehead atoms. The fraction of sp³-hybridized carbons (Fsp3) is 0.625. The number of aromatic nitrogens is 2. The van der Waals surface area contributed by atoms with Crippen molar-refractivity contribution in [3.05, 3.63) is 20.8 Å². The Bertz CT molecular complexity index is 337. The third-order valence-electron chi connectivity index (χ3n) is 2.00. The van der Waals surface area contributed by atoms with Crippen LogP contribution in [-0.4, -0.2) is 14.7 Å². The monoisotopic (exact) mass is 261 g/mol. The molecule has 0 radical (unpaired) electrons. The summed E-state index contributed by atoms with van der Waals surface area (Å²) in [4.78, 5) is 10.0. The summed E-state index contributed by atoms with van der Waals surface area (Å²) in [5, 5.41) is 14.4. The molecule has 0 saturated carbocycles. The van der Waals surface area contributed by atoms with Crippen molar-refractivity contribution in [3.63, 3.8) is 0 Å². The van der Waals surface area contributed by atoms with Crippen LogP contribution in [0.15, 0.2) is 10.7 Å². The minimum atomic E-state index is -0.487. The zero-order valence-electron chi connectivity index (χ0n) is 8.11. The Morgan fingerprint density at radius 1 is 1.79 bits per heavy atom. The normalized spacial score (nSPS) is 12.8. The van der Waals surface area contributed by atoms with Crippen LogP contribution in [0.5, 0.6) is 0 Å². The van der Waals surface area contributed by atoms with Gasteiger partial charge in [0.15, 0.2) is 0 Å². The van der Waals surface area contributed by atoms with E-state index in [4.69, 9.17) is 0 Å². The fourth-order valence-electron chi connectivity index (χ4n) is 1.26. The van der Waals surface area contributed by atoms with Crippen molar-refractivity contribution < 1.29 is 4.92 Å². The Labute approximate surface area is 90.4 Å². The second-order valence-corrected chi connectivity index (χ2v) is 4.03. The van der Waals surface area contributed by atoms with Crippen LogP contribution in [0.1, 0.15) is 32.7 Å². The van der Waals surface area contributed by atoms with E-state index in [1.54, 1.807) is 10.9 Å². The van der Waals surface area contributed by atoms with Crippen LogP contribution in [0, 0.1) is 10.1 Å². The highest BCUT2D eigenvalue weighted by Gasteiger charge is 2.20. The van der Waals surface area contributed by atoms with E-state index in [1.165, 1.54) is 0 Å². The van der Waals surface area contributed by atoms with Gasteiger partial charge < -0.3 is 10.1 Å². The molecule has 0 fully saturated rings. The molecule has 0 saturated heterocycles. The van der Waals surface area contributed by atoms with Crippen LogP contribution in [0.25, 0.3) is 0 Å². The quantitative estimate of drug-likeness (QED) is 0.619. The van der Waals surface area contributed by atoms with Gasteiger partial charge in [0.05, 0.1) is 17.3 Å². The van der Waals surface area contributed by atoms with Crippen molar-refractivity contribution in [1.82, 2.24) is 9.78 Å². The van der Waals surface area contributed by atoms with Crippen LogP contribution < -0.4 is 0 Å². The summed E-state index contributed by atoms with van der Waals surface area (Å²) in [5.74, 6) is -0.118. The Morgan fingerprint density at radius 2 is 2.43 bits per heavy atom. The van der Waals surface area contributed by atoms with Crippen molar-refractivity contribution >= 4 is 21.7 Å². The molecule has 78 valence electrons. The third-order valence-corrected chi connectivity index (χ3v) is 2.56. The number of nitrogens with zero attached hydrogens (tertiary/aromatic N) is 3. The first kappa shape index (κ1) is 11.2. The summed E-state index contributed by atoms with van der Waals surface area (Å²) >= 11 is 3.11. The Kier molecular flexibility index (Phi) is 3.62. The second kappa shape index (κ2) is 4.54. The first-order valence-electron chi connectivity index (χ1n) is 4.45. The summed E-state index contributed by atoms with van der Waals surface area (Å²) in [6, 6.07) is 0.199. The Balaban J connectivity index is 2.90. The van der Waals surface area contributed by atoms with Crippen LogP contribution in [0.2, 0.25) is 0 Å². The molecule has 6 heteroatoms. The molecule has 1 rings (SSSR count). The lowest BCUT2D eigenvalue weighted by Crippen LogP contribution is -2.05. The topological polar surface area (TPSA) is 61.0 Å². The smallest absolute Gasteiger partial charge is 0.358 e. The van der Waals surface area contributed by atoms with Gasteiger partial charge in [-0.05, 0) is 34.2 Å². The van der Waals surface area contributed by atoms with Gasteiger partial charge in [-0.25, -0.2) is 0 Å². The first-order chi connectivity index (χ1) is 6.56.